The van der Waals surface area contributed by atoms with Crippen LogP contribution < -0.4 is 34.7 Å². The van der Waals surface area contributed by atoms with E-state index >= 15 is 0 Å². The second-order valence-electron chi connectivity index (χ2n) is 2.38. The standard InChI is InChI=1S/C8H17O2.Na/c1-2-3-4-5-7-10-8-6-9;/h2-8H2,1H3;/q-1;+1. The quantitative estimate of drug-likeness (QED) is 0.324. The molecule has 0 saturated heterocycles. The fraction of sp³-hybridized carbons (Fsp3) is 1.00. The van der Waals surface area contributed by atoms with E-state index in [-0.39, 0.29) is 36.2 Å². The molecule has 0 aromatic heterocycles. The molecule has 0 aromatic carbocycles. The van der Waals surface area contributed by atoms with Gasteiger partial charge in [-0.3, -0.25) is 0 Å². The molecule has 0 rings (SSSR count). The van der Waals surface area contributed by atoms with Crippen molar-refractivity contribution in [2.75, 3.05) is 19.8 Å². The van der Waals surface area contributed by atoms with Gasteiger partial charge in [0.2, 0.25) is 0 Å². The third-order valence-corrected chi connectivity index (χ3v) is 1.37. The van der Waals surface area contributed by atoms with Crippen molar-refractivity contribution < 1.29 is 39.4 Å². The fourth-order valence-electron chi connectivity index (χ4n) is 0.792. The molecule has 11 heavy (non-hydrogen) atoms. The second kappa shape index (κ2) is 13.5. The molecule has 0 radical (unpaired) electrons. The molecule has 0 bridgehead atoms. The van der Waals surface area contributed by atoms with Crippen LogP contribution in [0.2, 0.25) is 0 Å². The van der Waals surface area contributed by atoms with Crippen molar-refractivity contribution in [3.63, 3.8) is 0 Å². The van der Waals surface area contributed by atoms with Crippen molar-refractivity contribution in [1.82, 2.24) is 0 Å². The Morgan fingerprint density at radius 2 is 1.82 bits per heavy atom. The van der Waals surface area contributed by atoms with Crippen LogP contribution in [0.15, 0.2) is 0 Å². The summed E-state index contributed by atoms with van der Waals surface area (Å²) in [6.45, 7) is 3.22. The normalized spacial score (nSPS) is 9.27. The van der Waals surface area contributed by atoms with Gasteiger partial charge in [0.15, 0.2) is 0 Å². The zero-order chi connectivity index (χ0) is 7.66. The molecule has 0 aliphatic carbocycles. The number of unbranched alkanes of at least 4 members (excludes halogenated alkanes) is 3. The molecule has 2 nitrogen and oxygen atoms in total. The smallest absolute Gasteiger partial charge is 0.853 e. The minimum Gasteiger partial charge on any atom is -0.853 e. The Morgan fingerprint density at radius 3 is 2.36 bits per heavy atom. The van der Waals surface area contributed by atoms with Crippen LogP contribution in [0.1, 0.15) is 32.6 Å². The van der Waals surface area contributed by atoms with Crippen molar-refractivity contribution in [1.29, 1.82) is 0 Å². The summed E-state index contributed by atoms with van der Waals surface area (Å²) < 4.78 is 5.02. The molecule has 0 amide bonds. The Morgan fingerprint density at radius 1 is 1.09 bits per heavy atom. The molecule has 62 valence electrons. The monoisotopic (exact) mass is 168 g/mol. The Kier molecular flexibility index (Phi) is 17.7. The summed E-state index contributed by atoms with van der Waals surface area (Å²) in [6, 6.07) is 0. The van der Waals surface area contributed by atoms with E-state index in [2.05, 4.69) is 6.92 Å². The van der Waals surface area contributed by atoms with Gasteiger partial charge in [-0.05, 0) is 6.42 Å². The van der Waals surface area contributed by atoms with Gasteiger partial charge in [0.25, 0.3) is 0 Å². The fourth-order valence-corrected chi connectivity index (χ4v) is 0.792. The van der Waals surface area contributed by atoms with Crippen LogP contribution >= 0.6 is 0 Å². The molecule has 0 atom stereocenters. The summed E-state index contributed by atoms with van der Waals surface area (Å²) in [5.74, 6) is 0. The minimum atomic E-state index is -0.103. The average Bonchev–Trinajstić information content (AvgIpc) is 1.97. The van der Waals surface area contributed by atoms with E-state index in [0.717, 1.165) is 13.0 Å². The van der Waals surface area contributed by atoms with Gasteiger partial charge in [0.05, 0.1) is 0 Å². The second-order valence-corrected chi connectivity index (χ2v) is 2.38. The summed E-state index contributed by atoms with van der Waals surface area (Å²) in [5.41, 5.74) is 0. The Balaban J connectivity index is 0. The zero-order valence-corrected chi connectivity index (χ0v) is 9.77. The van der Waals surface area contributed by atoms with Gasteiger partial charge in [0, 0.05) is 13.2 Å². The Bertz CT molecular complexity index is 52.1. The van der Waals surface area contributed by atoms with Gasteiger partial charge in [0.1, 0.15) is 0 Å². The number of hydrogen-bond acceptors (Lipinski definition) is 2. The third kappa shape index (κ3) is 13.9. The maximum Gasteiger partial charge on any atom is 1.00 e. The van der Waals surface area contributed by atoms with Crippen LogP contribution in [0.25, 0.3) is 0 Å². The topological polar surface area (TPSA) is 32.3 Å². The molecule has 0 spiro atoms. The van der Waals surface area contributed by atoms with Crippen molar-refractivity contribution >= 4 is 0 Å². The number of ether oxygens (including phenoxy) is 1. The maximum absolute atomic E-state index is 9.89. The van der Waals surface area contributed by atoms with Crippen LogP contribution in [0.5, 0.6) is 0 Å². The van der Waals surface area contributed by atoms with E-state index in [1.54, 1.807) is 0 Å². The van der Waals surface area contributed by atoms with Crippen LogP contribution in [0.3, 0.4) is 0 Å². The van der Waals surface area contributed by atoms with Crippen molar-refractivity contribution in [2.45, 2.75) is 32.6 Å². The largest absolute Gasteiger partial charge is 1.00 e. The first-order valence-electron chi connectivity index (χ1n) is 4.07. The van der Waals surface area contributed by atoms with Gasteiger partial charge in [-0.1, -0.05) is 26.2 Å². The summed E-state index contributed by atoms with van der Waals surface area (Å²) in [7, 11) is 0. The number of hydrogen-bond donors (Lipinski definition) is 0. The molecular formula is C8H17NaO2. The van der Waals surface area contributed by atoms with Crippen LogP contribution in [-0.2, 0) is 4.74 Å². The molecule has 0 heterocycles. The summed E-state index contributed by atoms with van der Waals surface area (Å²) >= 11 is 0. The van der Waals surface area contributed by atoms with Crippen molar-refractivity contribution in [3.8, 4) is 0 Å². The molecule has 0 saturated carbocycles. The first-order valence-corrected chi connectivity index (χ1v) is 4.07. The van der Waals surface area contributed by atoms with E-state index in [0.29, 0.717) is 6.61 Å². The molecule has 0 N–H and O–H groups in total. The van der Waals surface area contributed by atoms with Gasteiger partial charge < -0.3 is 9.84 Å². The molecule has 0 aliphatic rings. The zero-order valence-electron chi connectivity index (χ0n) is 7.77. The van der Waals surface area contributed by atoms with Gasteiger partial charge in [-0.2, -0.15) is 0 Å². The SMILES string of the molecule is CCCCCCOCC[O-].[Na+]. The first kappa shape index (κ1) is 14.4. The molecule has 0 unspecified atom stereocenters. The van der Waals surface area contributed by atoms with Gasteiger partial charge in [-0.15, -0.1) is 6.61 Å². The average molecular weight is 168 g/mol. The molecule has 0 fully saturated rings. The maximum atomic E-state index is 9.89. The van der Waals surface area contributed by atoms with Crippen LogP contribution in [0, 0.1) is 0 Å². The molecule has 0 aliphatic heterocycles. The van der Waals surface area contributed by atoms with Crippen LogP contribution in [0.4, 0.5) is 0 Å². The van der Waals surface area contributed by atoms with Crippen molar-refractivity contribution in [3.05, 3.63) is 0 Å². The summed E-state index contributed by atoms with van der Waals surface area (Å²) in [4.78, 5) is 0. The van der Waals surface area contributed by atoms with Crippen molar-refractivity contribution in [2.24, 2.45) is 0 Å². The Hall–Kier alpha value is 0.920. The van der Waals surface area contributed by atoms with Crippen LogP contribution in [-0.4, -0.2) is 19.8 Å². The summed E-state index contributed by atoms with van der Waals surface area (Å²) in [5, 5.41) is 9.89. The number of rotatable bonds is 7. The predicted molar refractivity (Wildman–Crippen MR) is 39.8 cm³/mol. The summed E-state index contributed by atoms with van der Waals surface area (Å²) in [6.07, 6.45) is 4.87. The predicted octanol–water partition coefficient (Wildman–Crippen LogP) is -2.05. The van der Waals surface area contributed by atoms with E-state index < -0.39 is 0 Å². The van der Waals surface area contributed by atoms with E-state index in [1.165, 1.54) is 19.3 Å². The molecule has 3 heteroatoms. The first-order chi connectivity index (χ1) is 4.91. The van der Waals surface area contributed by atoms with E-state index in [1.807, 2.05) is 0 Å². The molecular weight excluding hydrogens is 151 g/mol. The van der Waals surface area contributed by atoms with Gasteiger partial charge >= 0.3 is 29.6 Å². The van der Waals surface area contributed by atoms with E-state index in [9.17, 15) is 5.11 Å². The minimum absolute atomic E-state index is 0. The third-order valence-electron chi connectivity index (χ3n) is 1.37. The van der Waals surface area contributed by atoms with E-state index in [4.69, 9.17) is 4.74 Å². The molecule has 0 aromatic rings. The Labute approximate surface area is 91.6 Å². The van der Waals surface area contributed by atoms with Gasteiger partial charge in [-0.25, -0.2) is 0 Å².